The predicted octanol–water partition coefficient (Wildman–Crippen LogP) is 2.60. The molecule has 0 atom stereocenters. The Labute approximate surface area is 132 Å². The van der Waals surface area contributed by atoms with Crippen LogP contribution in [0.5, 0.6) is 5.75 Å². The van der Waals surface area contributed by atoms with E-state index in [0.717, 1.165) is 16.9 Å². The molecule has 23 heavy (non-hydrogen) atoms. The summed E-state index contributed by atoms with van der Waals surface area (Å²) < 4.78 is 20.4. The zero-order valence-electron chi connectivity index (χ0n) is 12.6. The molecule has 1 heterocycles. The molecule has 0 aliphatic rings. The van der Waals surface area contributed by atoms with E-state index in [1.165, 1.54) is 6.07 Å². The number of halogens is 1. The van der Waals surface area contributed by atoms with Crippen LogP contribution >= 0.6 is 0 Å². The molecule has 3 aromatic rings. The van der Waals surface area contributed by atoms with Crippen molar-refractivity contribution in [2.75, 3.05) is 18.5 Å². The monoisotopic (exact) mass is 313 g/mol. The average molecular weight is 313 g/mol. The molecule has 0 amide bonds. The first kappa shape index (κ1) is 15.0. The summed E-state index contributed by atoms with van der Waals surface area (Å²) in [6.45, 7) is 2.92. The van der Waals surface area contributed by atoms with E-state index in [2.05, 4.69) is 20.8 Å². The second-order valence-corrected chi connectivity index (χ2v) is 4.96. The number of nitrogens with zero attached hydrogens (tertiary/aromatic N) is 4. The van der Waals surface area contributed by atoms with Crippen molar-refractivity contribution in [3.63, 3.8) is 0 Å². The van der Waals surface area contributed by atoms with Crippen LogP contribution in [0.15, 0.2) is 48.8 Å². The Morgan fingerprint density at radius 3 is 2.83 bits per heavy atom. The molecule has 0 spiro atoms. The molecule has 0 saturated carbocycles. The number of tetrazole rings is 1. The molecule has 0 saturated heterocycles. The van der Waals surface area contributed by atoms with E-state index < -0.39 is 0 Å². The minimum Gasteiger partial charge on any atom is -0.489 e. The maximum atomic E-state index is 13.4. The highest BCUT2D eigenvalue weighted by Gasteiger charge is 2.04. The summed E-state index contributed by atoms with van der Waals surface area (Å²) in [7, 11) is 0. The number of anilines is 1. The van der Waals surface area contributed by atoms with Gasteiger partial charge in [0.05, 0.1) is 5.69 Å². The maximum Gasteiger partial charge on any atom is 0.165 e. The van der Waals surface area contributed by atoms with Crippen molar-refractivity contribution < 1.29 is 9.13 Å². The van der Waals surface area contributed by atoms with Gasteiger partial charge in [-0.1, -0.05) is 12.1 Å². The quantitative estimate of drug-likeness (QED) is 0.709. The second kappa shape index (κ2) is 6.87. The number of aromatic nitrogens is 4. The Morgan fingerprint density at radius 1 is 1.22 bits per heavy atom. The van der Waals surface area contributed by atoms with E-state index in [1.54, 1.807) is 29.2 Å². The molecule has 7 heteroatoms. The largest absolute Gasteiger partial charge is 0.489 e. The van der Waals surface area contributed by atoms with Crippen LogP contribution in [-0.4, -0.2) is 33.4 Å². The fourth-order valence-electron chi connectivity index (χ4n) is 2.21. The minimum absolute atomic E-state index is 0.263. The van der Waals surface area contributed by atoms with E-state index in [1.807, 2.05) is 25.1 Å². The highest BCUT2D eigenvalue weighted by atomic mass is 19.1. The molecule has 0 fully saturated rings. The van der Waals surface area contributed by atoms with Crippen molar-refractivity contribution in [2.24, 2.45) is 0 Å². The summed E-state index contributed by atoms with van der Waals surface area (Å²) in [5.74, 6) is -0.0892. The lowest BCUT2D eigenvalue weighted by atomic mass is 10.2. The lowest BCUT2D eigenvalue weighted by Gasteiger charge is -2.11. The van der Waals surface area contributed by atoms with Gasteiger partial charge in [0.15, 0.2) is 11.6 Å². The van der Waals surface area contributed by atoms with Crippen LogP contribution in [0.25, 0.3) is 5.69 Å². The molecule has 3 rings (SSSR count). The molecule has 2 aromatic carbocycles. The van der Waals surface area contributed by atoms with Crippen molar-refractivity contribution >= 4 is 5.69 Å². The van der Waals surface area contributed by atoms with E-state index in [4.69, 9.17) is 4.74 Å². The van der Waals surface area contributed by atoms with Gasteiger partial charge in [-0.2, -0.15) is 0 Å². The van der Waals surface area contributed by atoms with Crippen LogP contribution in [-0.2, 0) is 0 Å². The molecule has 6 nitrogen and oxygen atoms in total. The van der Waals surface area contributed by atoms with Gasteiger partial charge in [-0.25, -0.2) is 9.07 Å². The number of benzene rings is 2. The smallest absolute Gasteiger partial charge is 0.165 e. The summed E-state index contributed by atoms with van der Waals surface area (Å²) in [4.78, 5) is 0. The van der Waals surface area contributed by atoms with Crippen LogP contribution < -0.4 is 10.1 Å². The topological polar surface area (TPSA) is 64.9 Å². The van der Waals surface area contributed by atoms with Crippen LogP contribution in [0.4, 0.5) is 10.1 Å². The highest BCUT2D eigenvalue weighted by Crippen LogP contribution is 2.18. The lowest BCUT2D eigenvalue weighted by molar-refractivity contribution is 0.315. The number of rotatable bonds is 6. The number of nitrogens with one attached hydrogen (secondary N) is 1. The summed E-state index contributed by atoms with van der Waals surface area (Å²) in [6, 6.07) is 12.2. The van der Waals surface area contributed by atoms with Gasteiger partial charge in [0.2, 0.25) is 0 Å². The predicted molar refractivity (Wildman–Crippen MR) is 84.3 cm³/mol. The first-order valence-electron chi connectivity index (χ1n) is 7.19. The molecular weight excluding hydrogens is 297 g/mol. The van der Waals surface area contributed by atoms with Crippen molar-refractivity contribution in [1.82, 2.24) is 20.2 Å². The van der Waals surface area contributed by atoms with Crippen LogP contribution in [0, 0.1) is 12.7 Å². The summed E-state index contributed by atoms with van der Waals surface area (Å²) >= 11 is 0. The van der Waals surface area contributed by atoms with Crippen molar-refractivity contribution in [1.29, 1.82) is 0 Å². The van der Waals surface area contributed by atoms with Gasteiger partial charge in [-0.05, 0) is 53.2 Å². The zero-order chi connectivity index (χ0) is 16.1. The number of hydrogen-bond acceptors (Lipinski definition) is 5. The molecule has 1 aromatic heterocycles. The Kier molecular flexibility index (Phi) is 4.46. The molecule has 0 unspecified atom stereocenters. The first-order chi connectivity index (χ1) is 11.2. The second-order valence-electron chi connectivity index (χ2n) is 4.96. The van der Waals surface area contributed by atoms with Gasteiger partial charge in [0, 0.05) is 12.2 Å². The molecule has 118 valence electrons. The van der Waals surface area contributed by atoms with Crippen molar-refractivity contribution in [3.8, 4) is 11.4 Å². The number of aryl methyl sites for hydroxylation is 1. The normalized spacial score (nSPS) is 10.5. The number of para-hydroxylation sites is 1. The molecule has 0 aliphatic heterocycles. The minimum atomic E-state index is -0.353. The molecule has 0 bridgehead atoms. The van der Waals surface area contributed by atoms with Crippen LogP contribution in [0.1, 0.15) is 5.56 Å². The Hall–Kier alpha value is -2.96. The first-order valence-corrected chi connectivity index (χ1v) is 7.19. The average Bonchev–Trinajstić information content (AvgIpc) is 3.07. The van der Waals surface area contributed by atoms with Gasteiger partial charge >= 0.3 is 0 Å². The number of ether oxygens (including phenoxy) is 1. The third-order valence-electron chi connectivity index (χ3n) is 3.32. The third-order valence-corrected chi connectivity index (χ3v) is 3.32. The standard InChI is InChI=1S/C16H16FN5O/c1-12-10-13(6-7-15(12)22-11-19-20-21-22)18-8-9-23-16-5-3-2-4-14(16)17/h2-7,10-11,18H,8-9H2,1H3. The zero-order valence-corrected chi connectivity index (χ0v) is 12.6. The molecule has 1 N–H and O–H groups in total. The van der Waals surface area contributed by atoms with Gasteiger partial charge in [0.1, 0.15) is 12.9 Å². The van der Waals surface area contributed by atoms with Crippen LogP contribution in [0.3, 0.4) is 0 Å². The van der Waals surface area contributed by atoms with Crippen molar-refractivity contribution in [2.45, 2.75) is 6.92 Å². The third kappa shape index (κ3) is 3.63. The summed E-state index contributed by atoms with van der Waals surface area (Å²) in [5, 5.41) is 14.4. The summed E-state index contributed by atoms with van der Waals surface area (Å²) in [6.07, 6.45) is 1.55. The van der Waals surface area contributed by atoms with E-state index in [9.17, 15) is 4.39 Å². The summed E-state index contributed by atoms with van der Waals surface area (Å²) in [5.41, 5.74) is 2.91. The van der Waals surface area contributed by atoms with Gasteiger partial charge in [0.25, 0.3) is 0 Å². The van der Waals surface area contributed by atoms with Crippen LogP contribution in [0.2, 0.25) is 0 Å². The highest BCUT2D eigenvalue weighted by molar-refractivity contribution is 5.53. The van der Waals surface area contributed by atoms with E-state index in [0.29, 0.717) is 13.2 Å². The van der Waals surface area contributed by atoms with Crippen molar-refractivity contribution in [3.05, 3.63) is 60.2 Å². The van der Waals surface area contributed by atoms with Gasteiger partial charge in [-0.15, -0.1) is 5.10 Å². The Morgan fingerprint density at radius 2 is 2.09 bits per heavy atom. The molecular formula is C16H16FN5O. The van der Waals surface area contributed by atoms with Gasteiger partial charge in [-0.3, -0.25) is 0 Å². The van der Waals surface area contributed by atoms with Gasteiger partial charge < -0.3 is 10.1 Å². The SMILES string of the molecule is Cc1cc(NCCOc2ccccc2F)ccc1-n1cnnn1. The number of hydrogen-bond donors (Lipinski definition) is 1. The molecule has 0 aliphatic carbocycles. The Balaban J connectivity index is 1.55. The maximum absolute atomic E-state index is 13.4. The lowest BCUT2D eigenvalue weighted by Crippen LogP contribution is -2.12. The Bertz CT molecular complexity index is 776. The van der Waals surface area contributed by atoms with E-state index in [-0.39, 0.29) is 11.6 Å². The fraction of sp³-hybridized carbons (Fsp3) is 0.188. The molecule has 0 radical (unpaired) electrons. The van der Waals surface area contributed by atoms with E-state index >= 15 is 0 Å². The fourth-order valence-corrected chi connectivity index (χ4v) is 2.21.